The first kappa shape index (κ1) is 22.9. The zero-order valence-corrected chi connectivity index (χ0v) is 20.8. The van der Waals surface area contributed by atoms with E-state index in [0.717, 1.165) is 37.7 Å². The summed E-state index contributed by atoms with van der Waals surface area (Å²) in [5, 5.41) is 4.62. The molecule has 3 aliphatic rings. The predicted molar refractivity (Wildman–Crippen MR) is 133 cm³/mol. The van der Waals surface area contributed by atoms with Gasteiger partial charge in [-0.3, -0.25) is 9.59 Å². The van der Waals surface area contributed by atoms with Crippen molar-refractivity contribution in [2.45, 2.75) is 70.3 Å². The quantitative estimate of drug-likeness (QED) is 0.442. The van der Waals surface area contributed by atoms with Crippen LogP contribution in [0.15, 0.2) is 42.5 Å². The Morgan fingerprint density at radius 1 is 1.09 bits per heavy atom. The molecule has 5 rings (SSSR count). The first-order valence-electron chi connectivity index (χ1n) is 12.2. The smallest absolute Gasteiger partial charge is 0.226 e. The summed E-state index contributed by atoms with van der Waals surface area (Å²) in [5.41, 5.74) is 2.63. The largest absolute Gasteiger partial charge is 0.353 e. The van der Waals surface area contributed by atoms with Gasteiger partial charge < -0.3 is 5.32 Å². The zero-order chi connectivity index (χ0) is 23.3. The maximum Gasteiger partial charge on any atom is 0.226 e. The van der Waals surface area contributed by atoms with E-state index < -0.39 is 0 Å². The number of rotatable bonds is 6. The van der Waals surface area contributed by atoms with Gasteiger partial charge in [0, 0.05) is 34.0 Å². The average Bonchev–Trinajstić information content (AvgIpc) is 3.58. The molecule has 0 radical (unpaired) electrons. The van der Waals surface area contributed by atoms with E-state index in [4.69, 9.17) is 23.2 Å². The summed E-state index contributed by atoms with van der Waals surface area (Å²) in [5.74, 6) is 1.41. The molecular weight excluding hydrogens is 453 g/mol. The lowest BCUT2D eigenvalue weighted by Gasteiger charge is -2.47. The lowest BCUT2D eigenvalue weighted by molar-refractivity contribution is -0.131. The van der Waals surface area contributed by atoms with Crippen LogP contribution in [0.2, 0.25) is 10.0 Å². The van der Waals surface area contributed by atoms with Gasteiger partial charge in [0.05, 0.1) is 5.41 Å². The minimum atomic E-state index is -0.354. The Morgan fingerprint density at radius 3 is 2.45 bits per heavy atom. The molecule has 1 heterocycles. The normalized spacial score (nSPS) is 31.2. The van der Waals surface area contributed by atoms with Crippen molar-refractivity contribution in [2.24, 2.45) is 17.3 Å². The highest BCUT2D eigenvalue weighted by molar-refractivity contribution is 6.32. The number of carbonyl (C=O) groups excluding carboxylic acids is 2. The van der Waals surface area contributed by atoms with Gasteiger partial charge >= 0.3 is 0 Å². The topological polar surface area (TPSA) is 46.2 Å². The number of ketones is 1. The van der Waals surface area contributed by atoms with Crippen molar-refractivity contribution >= 4 is 34.9 Å². The molecule has 33 heavy (non-hydrogen) atoms. The van der Waals surface area contributed by atoms with Crippen molar-refractivity contribution in [3.63, 3.8) is 0 Å². The molecule has 2 saturated carbocycles. The Hall–Kier alpha value is -1.84. The van der Waals surface area contributed by atoms with Gasteiger partial charge in [0.15, 0.2) is 5.78 Å². The van der Waals surface area contributed by atoms with Gasteiger partial charge in [0.1, 0.15) is 0 Å². The third-order valence-corrected chi connectivity index (χ3v) is 9.07. The third-order valence-electron chi connectivity index (χ3n) is 8.49. The molecule has 0 unspecified atom stereocenters. The standard InChI is InChI=1S/C28H31Cl2NO2/c1-3-28-13-12-22(21-11-8-19(15-23(21)30)24(32)14-17-4-5-17)25(18-6-9-20(29)10-7-18)26(28)16(2)31-27(28)33/h6-11,15-17,22,25-26H,3-5,12-14H2,1-2H3,(H,31,33)/t16-,22+,25+,26+,28-/m1/s1. The van der Waals surface area contributed by atoms with Crippen LogP contribution in [0.4, 0.5) is 0 Å². The van der Waals surface area contributed by atoms with E-state index in [2.05, 4.69) is 37.4 Å². The number of hydrogen-bond acceptors (Lipinski definition) is 2. The van der Waals surface area contributed by atoms with Gasteiger partial charge in [-0.1, -0.05) is 54.4 Å². The van der Waals surface area contributed by atoms with Gasteiger partial charge in [-0.15, -0.1) is 0 Å². The van der Waals surface area contributed by atoms with E-state index in [1.807, 2.05) is 24.3 Å². The first-order chi connectivity index (χ1) is 15.8. The number of hydrogen-bond donors (Lipinski definition) is 1. The molecule has 1 amide bonds. The maximum absolute atomic E-state index is 13.1. The molecule has 2 aromatic rings. The Kier molecular flexibility index (Phi) is 6.07. The summed E-state index contributed by atoms with van der Waals surface area (Å²) < 4.78 is 0. The summed E-state index contributed by atoms with van der Waals surface area (Å²) >= 11 is 13.1. The van der Waals surface area contributed by atoms with E-state index in [1.165, 1.54) is 5.56 Å². The molecule has 3 fully saturated rings. The van der Waals surface area contributed by atoms with Gasteiger partial charge in [0.2, 0.25) is 5.91 Å². The van der Waals surface area contributed by atoms with Crippen molar-refractivity contribution in [3.05, 3.63) is 69.2 Å². The maximum atomic E-state index is 13.1. The van der Waals surface area contributed by atoms with Gasteiger partial charge in [-0.2, -0.15) is 0 Å². The summed E-state index contributed by atoms with van der Waals surface area (Å²) in [6.07, 6.45) is 5.50. The van der Waals surface area contributed by atoms with Crippen LogP contribution >= 0.6 is 23.2 Å². The molecule has 0 bridgehead atoms. The van der Waals surface area contributed by atoms with Crippen molar-refractivity contribution in [2.75, 3.05) is 0 Å². The zero-order valence-electron chi connectivity index (χ0n) is 19.2. The first-order valence-corrected chi connectivity index (χ1v) is 13.0. The predicted octanol–water partition coefficient (Wildman–Crippen LogP) is 7.17. The molecule has 0 spiro atoms. The molecule has 1 N–H and O–H groups in total. The van der Waals surface area contributed by atoms with E-state index in [1.54, 1.807) is 0 Å². The fourth-order valence-electron chi connectivity index (χ4n) is 6.60. The SMILES string of the molecule is CC[C@@]12CC[C@@H](c3ccc(C(=O)CC4CC4)cc3Cl)[C@H](c3ccc(Cl)cc3)[C@@H]1[C@@H](C)NC2=O. The second kappa shape index (κ2) is 8.74. The monoisotopic (exact) mass is 483 g/mol. The van der Waals surface area contributed by atoms with Crippen molar-refractivity contribution in [3.8, 4) is 0 Å². The van der Waals surface area contributed by atoms with Gasteiger partial charge in [-0.05, 0) is 86.1 Å². The van der Waals surface area contributed by atoms with Crippen LogP contribution in [-0.4, -0.2) is 17.7 Å². The number of Topliss-reactive ketones (excluding diaryl/α,β-unsaturated/α-hetero) is 1. The van der Waals surface area contributed by atoms with Crippen LogP contribution in [0, 0.1) is 17.3 Å². The number of carbonyl (C=O) groups is 2. The minimum absolute atomic E-state index is 0.0825. The summed E-state index contributed by atoms with van der Waals surface area (Å²) in [7, 11) is 0. The van der Waals surface area contributed by atoms with E-state index >= 15 is 0 Å². The molecule has 1 aliphatic heterocycles. The molecule has 5 atom stereocenters. The Morgan fingerprint density at radius 2 is 1.82 bits per heavy atom. The molecule has 2 aromatic carbocycles. The number of fused-ring (bicyclic) bond motifs is 1. The molecule has 2 aliphatic carbocycles. The van der Waals surface area contributed by atoms with Crippen molar-refractivity contribution < 1.29 is 9.59 Å². The second-order valence-corrected chi connectivity index (χ2v) is 11.2. The molecule has 1 saturated heterocycles. The van der Waals surface area contributed by atoms with Crippen LogP contribution in [0.25, 0.3) is 0 Å². The lowest BCUT2D eigenvalue weighted by atomic mass is 9.54. The fraction of sp³-hybridized carbons (Fsp3) is 0.500. The molecular formula is C28H31Cl2NO2. The molecule has 0 aromatic heterocycles. The number of benzene rings is 2. The highest BCUT2D eigenvalue weighted by Gasteiger charge is 2.59. The van der Waals surface area contributed by atoms with Crippen LogP contribution in [-0.2, 0) is 4.79 Å². The number of nitrogens with one attached hydrogen (secondary N) is 1. The molecule has 174 valence electrons. The van der Waals surface area contributed by atoms with E-state index in [-0.39, 0.29) is 40.9 Å². The lowest BCUT2D eigenvalue weighted by Crippen LogP contribution is -2.43. The summed E-state index contributed by atoms with van der Waals surface area (Å²) in [6.45, 7) is 4.27. The van der Waals surface area contributed by atoms with Crippen LogP contribution in [0.1, 0.15) is 85.7 Å². The Bertz CT molecular complexity index is 1080. The highest BCUT2D eigenvalue weighted by atomic mass is 35.5. The minimum Gasteiger partial charge on any atom is -0.353 e. The average molecular weight is 484 g/mol. The van der Waals surface area contributed by atoms with Crippen molar-refractivity contribution in [1.82, 2.24) is 5.32 Å². The Balaban J connectivity index is 1.55. The second-order valence-electron chi connectivity index (χ2n) is 10.3. The van der Waals surface area contributed by atoms with Crippen LogP contribution in [0.5, 0.6) is 0 Å². The van der Waals surface area contributed by atoms with E-state index in [9.17, 15) is 9.59 Å². The number of amides is 1. The molecule has 3 nitrogen and oxygen atoms in total. The Labute approximate surface area is 206 Å². The van der Waals surface area contributed by atoms with Crippen LogP contribution in [0.3, 0.4) is 0 Å². The fourth-order valence-corrected chi connectivity index (χ4v) is 7.04. The summed E-state index contributed by atoms with van der Waals surface area (Å²) in [6, 6.07) is 14.0. The highest BCUT2D eigenvalue weighted by Crippen LogP contribution is 2.60. The van der Waals surface area contributed by atoms with E-state index in [0.29, 0.717) is 27.9 Å². The summed E-state index contributed by atoms with van der Waals surface area (Å²) in [4.78, 5) is 25.8. The van der Waals surface area contributed by atoms with Crippen LogP contribution < -0.4 is 5.32 Å². The van der Waals surface area contributed by atoms with Gasteiger partial charge in [-0.25, -0.2) is 0 Å². The van der Waals surface area contributed by atoms with Gasteiger partial charge in [0.25, 0.3) is 0 Å². The molecule has 5 heteroatoms. The van der Waals surface area contributed by atoms with Crippen molar-refractivity contribution in [1.29, 1.82) is 0 Å². The number of halogens is 2. The third kappa shape index (κ3) is 4.02.